The Morgan fingerprint density at radius 3 is 2.79 bits per heavy atom. The largest absolute Gasteiger partial charge is 0.358 e. The lowest BCUT2D eigenvalue weighted by molar-refractivity contribution is -0.389. The molecular formula is C12H10BrN3O3. The van der Waals surface area contributed by atoms with Crippen LogP contribution in [0.1, 0.15) is 16.1 Å². The number of rotatable bonds is 4. The van der Waals surface area contributed by atoms with E-state index in [1.807, 2.05) is 24.3 Å². The van der Waals surface area contributed by atoms with Crippen molar-refractivity contribution >= 4 is 27.7 Å². The summed E-state index contributed by atoms with van der Waals surface area (Å²) in [5.74, 6) is -0.583. The third kappa shape index (κ3) is 3.41. The molecule has 0 aliphatic rings. The van der Waals surface area contributed by atoms with E-state index in [-0.39, 0.29) is 17.4 Å². The van der Waals surface area contributed by atoms with Crippen LogP contribution in [0.25, 0.3) is 0 Å². The minimum atomic E-state index is -0.578. The molecule has 0 unspecified atom stereocenters. The van der Waals surface area contributed by atoms with Crippen molar-refractivity contribution in [1.82, 2.24) is 10.3 Å². The van der Waals surface area contributed by atoms with E-state index in [1.54, 1.807) is 0 Å². The zero-order chi connectivity index (χ0) is 13.8. The standard InChI is InChI=1S/C12H10BrN3O3/c13-9-3-1-2-8(6-9)7-14-12(17)10-4-5-11(15-10)16(18)19/h1-6,15H,7H2,(H,14,17). The molecule has 1 aromatic heterocycles. The van der Waals surface area contributed by atoms with Gasteiger partial charge < -0.3 is 15.4 Å². The Hall–Kier alpha value is -2.15. The molecule has 0 fully saturated rings. The van der Waals surface area contributed by atoms with Crippen molar-refractivity contribution in [3.63, 3.8) is 0 Å². The number of benzene rings is 1. The molecule has 0 aliphatic carbocycles. The first-order chi connectivity index (χ1) is 9.06. The molecule has 2 aromatic rings. The molecule has 0 saturated carbocycles. The molecule has 0 spiro atoms. The Bertz CT molecular complexity index is 624. The summed E-state index contributed by atoms with van der Waals surface area (Å²) in [7, 11) is 0. The van der Waals surface area contributed by atoms with E-state index < -0.39 is 4.92 Å². The average Bonchev–Trinajstić information content (AvgIpc) is 2.86. The molecule has 0 aliphatic heterocycles. The molecule has 7 heteroatoms. The number of aromatic nitrogens is 1. The lowest BCUT2D eigenvalue weighted by atomic mass is 10.2. The van der Waals surface area contributed by atoms with Crippen LogP contribution < -0.4 is 5.32 Å². The molecule has 0 bridgehead atoms. The number of carbonyl (C=O) groups is 1. The molecule has 0 atom stereocenters. The molecule has 19 heavy (non-hydrogen) atoms. The Labute approximate surface area is 117 Å². The summed E-state index contributed by atoms with van der Waals surface area (Å²) in [5.41, 5.74) is 1.10. The summed E-state index contributed by atoms with van der Waals surface area (Å²) >= 11 is 3.34. The Balaban J connectivity index is 1.99. The SMILES string of the molecule is O=C(NCc1cccc(Br)c1)c1ccc([N+](=O)[O-])[nH]1. The van der Waals surface area contributed by atoms with Crippen LogP contribution in [0.4, 0.5) is 5.82 Å². The first kappa shape index (κ1) is 13.3. The molecule has 2 N–H and O–H groups in total. The first-order valence-electron chi connectivity index (χ1n) is 5.42. The number of amides is 1. The third-order valence-electron chi connectivity index (χ3n) is 2.45. The number of hydrogen-bond donors (Lipinski definition) is 2. The summed E-state index contributed by atoms with van der Waals surface area (Å²) in [6, 6.07) is 10.2. The lowest BCUT2D eigenvalue weighted by Gasteiger charge is -2.03. The highest BCUT2D eigenvalue weighted by Gasteiger charge is 2.14. The highest BCUT2D eigenvalue weighted by atomic mass is 79.9. The van der Waals surface area contributed by atoms with E-state index in [4.69, 9.17) is 0 Å². The van der Waals surface area contributed by atoms with E-state index in [1.165, 1.54) is 12.1 Å². The van der Waals surface area contributed by atoms with Gasteiger partial charge in [-0.2, -0.15) is 0 Å². The normalized spacial score (nSPS) is 10.2. The van der Waals surface area contributed by atoms with Gasteiger partial charge in [0.15, 0.2) is 5.69 Å². The highest BCUT2D eigenvalue weighted by Crippen LogP contribution is 2.12. The molecule has 0 saturated heterocycles. The van der Waals surface area contributed by atoms with Crippen molar-refractivity contribution < 1.29 is 9.72 Å². The minimum absolute atomic E-state index is 0.168. The van der Waals surface area contributed by atoms with E-state index in [2.05, 4.69) is 26.2 Å². The van der Waals surface area contributed by atoms with Crippen molar-refractivity contribution in [2.45, 2.75) is 6.54 Å². The highest BCUT2D eigenvalue weighted by molar-refractivity contribution is 9.10. The van der Waals surface area contributed by atoms with Crippen LogP contribution in [0.2, 0.25) is 0 Å². The van der Waals surface area contributed by atoms with Crippen LogP contribution in [0.5, 0.6) is 0 Å². The molecule has 2 rings (SSSR count). The lowest BCUT2D eigenvalue weighted by Crippen LogP contribution is -2.23. The molecule has 1 heterocycles. The topological polar surface area (TPSA) is 88.0 Å². The smallest absolute Gasteiger partial charge is 0.321 e. The number of nitro groups is 1. The first-order valence-corrected chi connectivity index (χ1v) is 6.21. The monoisotopic (exact) mass is 323 g/mol. The number of H-pyrrole nitrogens is 1. The minimum Gasteiger partial charge on any atom is -0.358 e. The fraction of sp³-hybridized carbons (Fsp3) is 0.0833. The van der Waals surface area contributed by atoms with Gasteiger partial charge in [0.25, 0.3) is 5.91 Å². The van der Waals surface area contributed by atoms with Gasteiger partial charge in [-0.3, -0.25) is 4.79 Å². The van der Waals surface area contributed by atoms with Gasteiger partial charge >= 0.3 is 5.82 Å². The van der Waals surface area contributed by atoms with E-state index >= 15 is 0 Å². The zero-order valence-corrected chi connectivity index (χ0v) is 11.3. The number of carbonyl (C=O) groups excluding carboxylic acids is 1. The molecular weight excluding hydrogens is 314 g/mol. The summed E-state index contributed by atoms with van der Waals surface area (Å²) in [6.45, 7) is 0.352. The van der Waals surface area contributed by atoms with Gasteiger partial charge in [-0.1, -0.05) is 28.1 Å². The molecule has 98 valence electrons. The second-order valence-corrected chi connectivity index (χ2v) is 4.74. The fourth-order valence-electron chi connectivity index (χ4n) is 1.55. The van der Waals surface area contributed by atoms with Gasteiger partial charge in [-0.25, -0.2) is 4.98 Å². The van der Waals surface area contributed by atoms with Crippen molar-refractivity contribution in [2.75, 3.05) is 0 Å². The second-order valence-electron chi connectivity index (χ2n) is 3.83. The van der Waals surface area contributed by atoms with Gasteiger partial charge in [0.05, 0.1) is 0 Å². The van der Waals surface area contributed by atoms with E-state index in [9.17, 15) is 14.9 Å². The van der Waals surface area contributed by atoms with Gasteiger partial charge in [-0.05, 0) is 28.7 Å². The number of halogens is 1. The second kappa shape index (κ2) is 5.66. The maximum atomic E-state index is 11.8. The number of hydrogen-bond acceptors (Lipinski definition) is 3. The van der Waals surface area contributed by atoms with Crippen LogP contribution in [-0.2, 0) is 6.54 Å². The van der Waals surface area contributed by atoms with Crippen molar-refractivity contribution in [2.24, 2.45) is 0 Å². The van der Waals surface area contributed by atoms with Crippen molar-refractivity contribution in [1.29, 1.82) is 0 Å². The predicted octanol–water partition coefficient (Wildman–Crippen LogP) is 2.62. The van der Waals surface area contributed by atoms with Crippen LogP contribution in [0.15, 0.2) is 40.9 Å². The Kier molecular flexibility index (Phi) is 3.96. The van der Waals surface area contributed by atoms with Gasteiger partial charge in [-0.15, -0.1) is 0 Å². The number of aromatic amines is 1. The molecule has 0 radical (unpaired) electrons. The van der Waals surface area contributed by atoms with E-state index in [0.717, 1.165) is 10.0 Å². The molecule has 6 nitrogen and oxygen atoms in total. The van der Waals surface area contributed by atoms with Crippen molar-refractivity contribution in [3.05, 3.63) is 62.2 Å². The van der Waals surface area contributed by atoms with Crippen LogP contribution in [-0.4, -0.2) is 15.8 Å². The summed E-state index contributed by atoms with van der Waals surface area (Å²) in [5, 5.41) is 13.2. The zero-order valence-electron chi connectivity index (χ0n) is 9.72. The van der Waals surface area contributed by atoms with Crippen LogP contribution in [0.3, 0.4) is 0 Å². The van der Waals surface area contributed by atoms with Gasteiger partial charge in [0.1, 0.15) is 0 Å². The summed E-state index contributed by atoms with van der Waals surface area (Å²) < 4.78 is 0.926. The summed E-state index contributed by atoms with van der Waals surface area (Å²) in [4.78, 5) is 24.1. The quantitative estimate of drug-likeness (QED) is 0.669. The fourth-order valence-corrected chi connectivity index (χ4v) is 1.99. The predicted molar refractivity (Wildman–Crippen MR) is 72.8 cm³/mol. The number of nitrogens with one attached hydrogen (secondary N) is 2. The Morgan fingerprint density at radius 2 is 2.16 bits per heavy atom. The van der Waals surface area contributed by atoms with Crippen LogP contribution in [0, 0.1) is 10.1 Å². The van der Waals surface area contributed by atoms with Crippen molar-refractivity contribution in [3.8, 4) is 0 Å². The number of nitrogens with zero attached hydrogens (tertiary/aromatic N) is 1. The van der Waals surface area contributed by atoms with Crippen LogP contribution >= 0.6 is 15.9 Å². The molecule has 1 amide bonds. The van der Waals surface area contributed by atoms with Gasteiger partial charge in [0.2, 0.25) is 0 Å². The van der Waals surface area contributed by atoms with Gasteiger partial charge in [0, 0.05) is 17.1 Å². The third-order valence-corrected chi connectivity index (χ3v) is 2.95. The Morgan fingerprint density at radius 1 is 1.37 bits per heavy atom. The molecule has 1 aromatic carbocycles. The summed E-state index contributed by atoms with van der Waals surface area (Å²) in [6.07, 6.45) is 0. The maximum Gasteiger partial charge on any atom is 0.321 e. The average molecular weight is 324 g/mol. The maximum absolute atomic E-state index is 11.8. The van der Waals surface area contributed by atoms with E-state index in [0.29, 0.717) is 6.54 Å².